The van der Waals surface area contributed by atoms with E-state index in [9.17, 15) is 28.0 Å². The van der Waals surface area contributed by atoms with Crippen molar-refractivity contribution in [1.82, 2.24) is 20.0 Å². The van der Waals surface area contributed by atoms with E-state index < -0.39 is 23.0 Å². The number of ether oxygens (including phenoxy) is 2. The summed E-state index contributed by atoms with van der Waals surface area (Å²) in [7, 11) is 7.54. The van der Waals surface area contributed by atoms with Gasteiger partial charge in [0.2, 0.25) is 5.91 Å². The lowest BCUT2D eigenvalue weighted by molar-refractivity contribution is -0.138. The third-order valence-corrected chi connectivity index (χ3v) is 12.8. The molecule has 4 unspecified atom stereocenters. The standard InChI is InChI=1S/C26H33FN2O3.C22H26FNO3.C4H9NO/c1-5-26(28(3)4,24(30)22-10-12-23(27)13-11-22)18-20-6-8-21(9-7-20)19(2)25(31)29-14-16-32-17-15-29;1-5-22(24(3)4,20(25)18-10-12-19(23)13-11-18)14-16-6-8-17(9-7-16)15(2)21(26)27;1-3-6-4-2-5-1/h6-13,19H,5,14-18H2,1-4H3;6-13,15H,5,14H2,1-4H3,(H,26,27);5H,1-4H2. The Kier molecular flexibility index (Phi) is 20.1. The third-order valence-electron chi connectivity index (χ3n) is 12.8. The van der Waals surface area contributed by atoms with Gasteiger partial charge in [-0.1, -0.05) is 62.4 Å². The van der Waals surface area contributed by atoms with Gasteiger partial charge >= 0.3 is 5.97 Å². The number of benzene rings is 4. The minimum atomic E-state index is -0.870. The molecule has 4 aromatic carbocycles. The molecule has 4 aromatic rings. The smallest absolute Gasteiger partial charge is 0.310 e. The largest absolute Gasteiger partial charge is 0.481 e. The fourth-order valence-corrected chi connectivity index (χ4v) is 8.21. The Morgan fingerprint density at radius 3 is 1.29 bits per heavy atom. The molecule has 6 rings (SSSR count). The van der Waals surface area contributed by atoms with Gasteiger partial charge in [0.25, 0.3) is 0 Å². The third kappa shape index (κ3) is 13.9. The van der Waals surface area contributed by atoms with Crippen molar-refractivity contribution < 1.29 is 42.5 Å². The minimum absolute atomic E-state index is 0.0232. The van der Waals surface area contributed by atoms with E-state index >= 15 is 0 Å². The molecule has 2 fully saturated rings. The topological polar surface area (TPSA) is 129 Å². The average Bonchev–Trinajstić information content (AvgIpc) is 3.33. The van der Waals surface area contributed by atoms with Gasteiger partial charge in [-0.2, -0.15) is 0 Å². The SMILES string of the molecule is C1COCCN1.CCC(Cc1ccc(C(C)C(=O)N2CCOCC2)cc1)(C(=O)c1ccc(F)cc1)N(C)C.CCC(Cc1ccc(C(C)C(=O)O)cc1)(C(=O)c1ccc(F)cc1)N(C)C. The van der Waals surface area contributed by atoms with Gasteiger partial charge in [-0.25, -0.2) is 8.78 Å². The molecule has 11 nitrogen and oxygen atoms in total. The van der Waals surface area contributed by atoms with Crippen LogP contribution in [0.1, 0.15) is 95.3 Å². The molecule has 1 amide bonds. The van der Waals surface area contributed by atoms with Crippen molar-refractivity contribution in [3.8, 4) is 0 Å². The molecule has 0 spiro atoms. The lowest BCUT2D eigenvalue weighted by Gasteiger charge is -2.38. The van der Waals surface area contributed by atoms with Crippen LogP contribution in [0.2, 0.25) is 0 Å². The number of aliphatic carboxylic acids is 1. The lowest BCUT2D eigenvalue weighted by atomic mass is 9.80. The van der Waals surface area contributed by atoms with E-state index in [1.54, 1.807) is 31.2 Å². The number of rotatable bonds is 16. The van der Waals surface area contributed by atoms with E-state index in [0.717, 1.165) is 48.6 Å². The number of Topliss-reactive ketones (excluding diaryl/α,β-unsaturated/α-hetero) is 2. The van der Waals surface area contributed by atoms with Gasteiger partial charge in [-0.15, -0.1) is 0 Å². The Hall–Kier alpha value is -5.18. The first-order chi connectivity index (χ1) is 31.0. The molecule has 65 heavy (non-hydrogen) atoms. The fourth-order valence-electron chi connectivity index (χ4n) is 8.21. The van der Waals surface area contributed by atoms with E-state index in [-0.39, 0.29) is 35.0 Å². The van der Waals surface area contributed by atoms with Crippen molar-refractivity contribution >= 4 is 23.4 Å². The Morgan fingerprint density at radius 1 is 0.615 bits per heavy atom. The quantitative estimate of drug-likeness (QED) is 0.108. The number of carbonyl (C=O) groups excluding carboxylic acids is 3. The molecule has 0 saturated carbocycles. The highest BCUT2D eigenvalue weighted by molar-refractivity contribution is 6.04. The van der Waals surface area contributed by atoms with Crippen LogP contribution in [0.3, 0.4) is 0 Å². The molecule has 0 radical (unpaired) electrons. The molecule has 13 heteroatoms. The normalized spacial score (nSPS) is 16.7. The summed E-state index contributed by atoms with van der Waals surface area (Å²) in [5.41, 5.74) is 3.12. The van der Waals surface area contributed by atoms with E-state index in [1.165, 1.54) is 36.4 Å². The zero-order valence-corrected chi connectivity index (χ0v) is 39.4. The first-order valence-electron chi connectivity index (χ1n) is 22.5. The monoisotopic (exact) mass is 899 g/mol. The number of carboxylic acids is 1. The minimum Gasteiger partial charge on any atom is -0.481 e. The Morgan fingerprint density at radius 2 is 0.985 bits per heavy atom. The summed E-state index contributed by atoms with van der Waals surface area (Å²) < 4.78 is 36.9. The van der Waals surface area contributed by atoms with Crippen LogP contribution in [0.15, 0.2) is 97.1 Å². The Bertz CT molecular complexity index is 2110. The summed E-state index contributed by atoms with van der Waals surface area (Å²) in [6, 6.07) is 26.7. The first-order valence-corrected chi connectivity index (χ1v) is 22.5. The number of likely N-dealkylation sites (N-methyl/N-ethyl adjacent to an activating group) is 2. The summed E-state index contributed by atoms with van der Waals surface area (Å²) in [5.74, 6) is -2.37. The first kappa shape index (κ1) is 52.4. The van der Waals surface area contributed by atoms with Crippen LogP contribution in [0.4, 0.5) is 8.78 Å². The molecule has 2 N–H and O–H groups in total. The van der Waals surface area contributed by atoms with E-state index in [0.29, 0.717) is 63.1 Å². The van der Waals surface area contributed by atoms with Crippen LogP contribution in [0.25, 0.3) is 0 Å². The molecule has 4 atom stereocenters. The zero-order valence-electron chi connectivity index (χ0n) is 39.4. The number of carbonyl (C=O) groups is 4. The summed E-state index contributed by atoms with van der Waals surface area (Å²) in [5, 5.41) is 12.3. The number of nitrogens with zero attached hydrogens (tertiary/aromatic N) is 3. The van der Waals surface area contributed by atoms with E-state index in [1.807, 2.05) is 100 Å². The molecule has 2 saturated heterocycles. The molecule has 0 bridgehead atoms. The fraction of sp³-hybridized carbons (Fsp3) is 0.462. The highest BCUT2D eigenvalue weighted by atomic mass is 19.1. The molecular formula is C52H68F2N4O7. The predicted octanol–water partition coefficient (Wildman–Crippen LogP) is 7.68. The second-order valence-electron chi connectivity index (χ2n) is 17.1. The number of amides is 1. The maximum absolute atomic E-state index is 13.5. The van der Waals surface area contributed by atoms with Gasteiger partial charge in [0.15, 0.2) is 11.6 Å². The second-order valence-corrected chi connectivity index (χ2v) is 17.1. The maximum atomic E-state index is 13.5. The predicted molar refractivity (Wildman–Crippen MR) is 251 cm³/mol. The molecule has 0 aromatic heterocycles. The number of carboxylic acid groups (broad SMARTS) is 1. The van der Waals surface area contributed by atoms with Crippen LogP contribution in [-0.2, 0) is 31.9 Å². The number of hydrogen-bond acceptors (Lipinski definition) is 9. The highest BCUT2D eigenvalue weighted by Gasteiger charge is 2.41. The van der Waals surface area contributed by atoms with Crippen LogP contribution >= 0.6 is 0 Å². The highest BCUT2D eigenvalue weighted by Crippen LogP contribution is 2.31. The van der Waals surface area contributed by atoms with Gasteiger partial charge in [0.05, 0.1) is 49.3 Å². The maximum Gasteiger partial charge on any atom is 0.310 e. The summed E-state index contributed by atoms with van der Waals surface area (Å²) in [4.78, 5) is 56.4. The van der Waals surface area contributed by atoms with Crippen molar-refractivity contribution in [2.75, 3.05) is 80.8 Å². The van der Waals surface area contributed by atoms with E-state index in [2.05, 4.69) is 5.32 Å². The van der Waals surface area contributed by atoms with Crippen LogP contribution in [0.5, 0.6) is 0 Å². The molecule has 2 aliphatic rings. The van der Waals surface area contributed by atoms with Gasteiger partial charge in [-0.3, -0.25) is 29.0 Å². The van der Waals surface area contributed by atoms with Gasteiger partial charge in [0, 0.05) is 37.3 Å². The van der Waals surface area contributed by atoms with Crippen molar-refractivity contribution in [2.24, 2.45) is 0 Å². The number of nitrogens with one attached hydrogen (secondary N) is 1. The number of ketones is 2. The second kappa shape index (κ2) is 24.9. The average molecular weight is 899 g/mol. The molecular weight excluding hydrogens is 831 g/mol. The van der Waals surface area contributed by atoms with Crippen LogP contribution < -0.4 is 5.32 Å². The van der Waals surface area contributed by atoms with Crippen LogP contribution in [0, 0.1) is 11.6 Å². The number of hydrogen-bond donors (Lipinski definition) is 2. The van der Waals surface area contributed by atoms with Gasteiger partial charge in [0.1, 0.15) is 11.6 Å². The van der Waals surface area contributed by atoms with Crippen molar-refractivity contribution in [3.63, 3.8) is 0 Å². The van der Waals surface area contributed by atoms with Gasteiger partial charge < -0.3 is 24.8 Å². The molecule has 2 aliphatic heterocycles. The summed E-state index contributed by atoms with van der Waals surface area (Å²) in [6.45, 7) is 13.8. The van der Waals surface area contributed by atoms with Crippen molar-refractivity contribution in [1.29, 1.82) is 0 Å². The summed E-state index contributed by atoms with van der Waals surface area (Å²) in [6.07, 6.45) is 2.21. The molecule has 0 aliphatic carbocycles. The van der Waals surface area contributed by atoms with Crippen molar-refractivity contribution in [2.45, 2.75) is 76.3 Å². The molecule has 2 heterocycles. The van der Waals surface area contributed by atoms with Crippen LogP contribution in [-0.4, -0.2) is 135 Å². The lowest BCUT2D eigenvalue weighted by Crippen LogP contribution is -2.52. The Labute approximate surface area is 384 Å². The van der Waals surface area contributed by atoms with Gasteiger partial charge in [-0.05, 0) is 139 Å². The molecule has 352 valence electrons. The number of morpholine rings is 2. The number of halogens is 2. The van der Waals surface area contributed by atoms with E-state index in [4.69, 9.17) is 14.6 Å². The Balaban J connectivity index is 0.000000254. The van der Waals surface area contributed by atoms with Crippen molar-refractivity contribution in [3.05, 3.63) is 142 Å². The zero-order chi connectivity index (χ0) is 47.7. The summed E-state index contributed by atoms with van der Waals surface area (Å²) >= 11 is 0.